The summed E-state index contributed by atoms with van der Waals surface area (Å²) in [5.41, 5.74) is 6.95. The third-order valence-electron chi connectivity index (χ3n) is 1.47. The molecule has 0 amide bonds. The van der Waals surface area contributed by atoms with Crippen LogP contribution in [-0.4, -0.2) is 11.1 Å². The molecule has 0 fully saturated rings. The van der Waals surface area contributed by atoms with E-state index in [0.717, 1.165) is 10.0 Å². The van der Waals surface area contributed by atoms with Gasteiger partial charge in [0, 0.05) is 15.7 Å². The second-order valence-corrected chi connectivity index (χ2v) is 3.46. The molecular formula is C10H8BrNO2. The Morgan fingerprint density at radius 3 is 2.86 bits per heavy atom. The Morgan fingerprint density at radius 2 is 2.29 bits per heavy atom. The molecule has 72 valence electrons. The molecule has 0 unspecified atom stereocenters. The Bertz CT molecular complexity index is 418. The molecule has 3 nitrogen and oxygen atoms in total. The van der Waals surface area contributed by atoms with Gasteiger partial charge in [0.1, 0.15) is 6.42 Å². The van der Waals surface area contributed by atoms with Gasteiger partial charge in [-0.05, 0) is 34.1 Å². The number of nitrogens with two attached hydrogens (primary N) is 1. The highest BCUT2D eigenvalue weighted by molar-refractivity contribution is 9.10. The van der Waals surface area contributed by atoms with Crippen LogP contribution in [0.1, 0.15) is 12.0 Å². The smallest absolute Gasteiger partial charge is 0.315 e. The summed E-state index contributed by atoms with van der Waals surface area (Å²) in [6.45, 7) is 0. The molecule has 0 radical (unpaired) electrons. The predicted octanol–water partition coefficient (Wildman–Crippen LogP) is 1.86. The first kappa shape index (κ1) is 10.6. The highest BCUT2D eigenvalue weighted by Crippen LogP contribution is 2.19. The molecule has 0 heterocycles. The molecule has 0 aliphatic heterocycles. The van der Waals surface area contributed by atoms with E-state index in [1.807, 2.05) is 0 Å². The van der Waals surface area contributed by atoms with Crippen molar-refractivity contribution in [3.63, 3.8) is 0 Å². The maximum absolute atomic E-state index is 10.2. The van der Waals surface area contributed by atoms with Gasteiger partial charge in [0.25, 0.3) is 0 Å². The van der Waals surface area contributed by atoms with E-state index in [-0.39, 0.29) is 6.42 Å². The maximum Gasteiger partial charge on any atom is 0.315 e. The summed E-state index contributed by atoms with van der Waals surface area (Å²) in [5.74, 6) is 4.34. The second-order valence-electron chi connectivity index (χ2n) is 2.61. The monoisotopic (exact) mass is 253 g/mol. The van der Waals surface area contributed by atoms with Gasteiger partial charge in [-0.2, -0.15) is 0 Å². The van der Waals surface area contributed by atoms with Crippen LogP contribution >= 0.6 is 15.9 Å². The minimum Gasteiger partial charge on any atom is -0.481 e. The number of carboxylic acids is 1. The minimum absolute atomic E-state index is 0.151. The molecule has 0 bridgehead atoms. The third kappa shape index (κ3) is 3.11. The van der Waals surface area contributed by atoms with Crippen LogP contribution in [0.15, 0.2) is 22.7 Å². The van der Waals surface area contributed by atoms with Crippen molar-refractivity contribution >= 4 is 27.6 Å². The van der Waals surface area contributed by atoms with Crippen LogP contribution in [0.25, 0.3) is 0 Å². The van der Waals surface area contributed by atoms with Crippen LogP contribution in [0.3, 0.4) is 0 Å². The molecular weight excluding hydrogens is 246 g/mol. The SMILES string of the molecule is Nc1ccc(C#CCC(=O)O)cc1Br. The molecule has 14 heavy (non-hydrogen) atoms. The van der Waals surface area contributed by atoms with Crippen molar-refractivity contribution in [2.75, 3.05) is 5.73 Å². The van der Waals surface area contributed by atoms with Crippen molar-refractivity contribution in [2.45, 2.75) is 6.42 Å². The van der Waals surface area contributed by atoms with Crippen LogP contribution in [0.2, 0.25) is 0 Å². The summed E-state index contributed by atoms with van der Waals surface area (Å²) in [6.07, 6.45) is -0.151. The molecule has 0 saturated carbocycles. The molecule has 0 saturated heterocycles. The molecule has 0 spiro atoms. The minimum atomic E-state index is -0.924. The first-order chi connectivity index (χ1) is 6.59. The van der Waals surface area contributed by atoms with E-state index in [2.05, 4.69) is 27.8 Å². The van der Waals surface area contributed by atoms with E-state index in [1.54, 1.807) is 18.2 Å². The fourth-order valence-electron chi connectivity index (χ4n) is 0.827. The summed E-state index contributed by atoms with van der Waals surface area (Å²) in [6, 6.07) is 5.22. The van der Waals surface area contributed by atoms with Gasteiger partial charge in [-0.15, -0.1) is 0 Å². The van der Waals surface area contributed by atoms with Crippen molar-refractivity contribution in [1.82, 2.24) is 0 Å². The van der Waals surface area contributed by atoms with E-state index in [9.17, 15) is 4.79 Å². The van der Waals surface area contributed by atoms with Crippen molar-refractivity contribution < 1.29 is 9.90 Å². The lowest BCUT2D eigenvalue weighted by molar-refractivity contribution is -0.135. The summed E-state index contributed by atoms with van der Waals surface area (Å²) in [4.78, 5) is 10.2. The van der Waals surface area contributed by atoms with Crippen LogP contribution in [0, 0.1) is 11.8 Å². The first-order valence-electron chi connectivity index (χ1n) is 3.85. The lowest BCUT2D eigenvalue weighted by Crippen LogP contribution is -1.90. The number of aliphatic carboxylic acids is 1. The Morgan fingerprint density at radius 1 is 1.57 bits per heavy atom. The van der Waals surface area contributed by atoms with Gasteiger partial charge in [-0.3, -0.25) is 4.79 Å². The van der Waals surface area contributed by atoms with Crippen LogP contribution in [0.4, 0.5) is 5.69 Å². The topological polar surface area (TPSA) is 63.3 Å². The van der Waals surface area contributed by atoms with Crippen molar-refractivity contribution in [1.29, 1.82) is 0 Å². The summed E-state index contributed by atoms with van der Waals surface area (Å²) >= 11 is 3.26. The molecule has 3 N–H and O–H groups in total. The number of carboxylic acid groups (broad SMARTS) is 1. The average molecular weight is 254 g/mol. The van der Waals surface area contributed by atoms with Gasteiger partial charge in [-0.25, -0.2) is 0 Å². The van der Waals surface area contributed by atoms with E-state index in [0.29, 0.717) is 5.69 Å². The predicted molar refractivity (Wildman–Crippen MR) is 57.7 cm³/mol. The number of halogens is 1. The van der Waals surface area contributed by atoms with E-state index >= 15 is 0 Å². The zero-order valence-corrected chi connectivity index (χ0v) is 8.84. The Labute approximate surface area is 90.1 Å². The van der Waals surface area contributed by atoms with Gasteiger partial charge < -0.3 is 10.8 Å². The largest absolute Gasteiger partial charge is 0.481 e. The first-order valence-corrected chi connectivity index (χ1v) is 4.64. The molecule has 1 aromatic rings. The van der Waals surface area contributed by atoms with Gasteiger partial charge in [0.2, 0.25) is 0 Å². The van der Waals surface area contributed by atoms with E-state index < -0.39 is 5.97 Å². The number of hydrogen-bond acceptors (Lipinski definition) is 2. The normalized spacial score (nSPS) is 8.93. The average Bonchev–Trinajstić information content (AvgIpc) is 2.10. The van der Waals surface area contributed by atoms with Gasteiger partial charge >= 0.3 is 5.97 Å². The van der Waals surface area contributed by atoms with Crippen molar-refractivity contribution in [2.24, 2.45) is 0 Å². The summed E-state index contributed by atoms with van der Waals surface area (Å²) < 4.78 is 0.764. The quantitative estimate of drug-likeness (QED) is 0.593. The molecule has 0 aliphatic rings. The molecule has 1 rings (SSSR count). The van der Waals surface area contributed by atoms with Crippen molar-refractivity contribution in [3.05, 3.63) is 28.2 Å². The molecule has 4 heteroatoms. The van der Waals surface area contributed by atoms with Crippen LogP contribution in [-0.2, 0) is 4.79 Å². The fourth-order valence-corrected chi connectivity index (χ4v) is 1.21. The summed E-state index contributed by atoms with van der Waals surface area (Å²) in [5, 5.41) is 8.36. The van der Waals surface area contributed by atoms with Crippen LogP contribution < -0.4 is 5.73 Å². The number of hydrogen-bond donors (Lipinski definition) is 2. The number of benzene rings is 1. The molecule has 0 aromatic heterocycles. The van der Waals surface area contributed by atoms with Gasteiger partial charge in [-0.1, -0.05) is 11.8 Å². The molecule has 0 atom stereocenters. The van der Waals surface area contributed by atoms with E-state index in [4.69, 9.17) is 10.8 Å². The Hall–Kier alpha value is -1.47. The lowest BCUT2D eigenvalue weighted by Gasteiger charge is -1.96. The van der Waals surface area contributed by atoms with Crippen LogP contribution in [0.5, 0.6) is 0 Å². The standard InChI is InChI=1S/C10H8BrNO2/c11-8-6-7(4-5-9(8)12)2-1-3-10(13)14/h4-6H,3,12H2,(H,13,14). The fraction of sp³-hybridized carbons (Fsp3) is 0.100. The number of carbonyl (C=O) groups is 1. The van der Waals surface area contributed by atoms with Crippen molar-refractivity contribution in [3.8, 4) is 11.8 Å². The Balaban J connectivity index is 2.81. The number of anilines is 1. The lowest BCUT2D eigenvalue weighted by atomic mass is 10.2. The van der Waals surface area contributed by atoms with E-state index in [1.165, 1.54) is 0 Å². The summed E-state index contributed by atoms with van der Waals surface area (Å²) in [7, 11) is 0. The highest BCUT2D eigenvalue weighted by Gasteiger charge is 1.95. The highest BCUT2D eigenvalue weighted by atomic mass is 79.9. The Kier molecular flexibility index (Phi) is 3.55. The zero-order valence-electron chi connectivity index (χ0n) is 7.25. The van der Waals surface area contributed by atoms with Gasteiger partial charge in [0.05, 0.1) is 0 Å². The van der Waals surface area contributed by atoms with Gasteiger partial charge in [0.15, 0.2) is 0 Å². The zero-order chi connectivity index (χ0) is 10.6. The molecule has 0 aliphatic carbocycles. The maximum atomic E-state index is 10.2. The third-order valence-corrected chi connectivity index (χ3v) is 2.16. The second kappa shape index (κ2) is 4.68. The molecule has 1 aromatic carbocycles. The number of rotatable bonds is 1. The number of nitrogen functional groups attached to an aromatic ring is 1.